The van der Waals surface area contributed by atoms with Gasteiger partial charge in [-0.1, -0.05) is 0 Å². The zero-order chi connectivity index (χ0) is 12.8. The van der Waals surface area contributed by atoms with Crippen LogP contribution in [0.4, 0.5) is 0 Å². The molecule has 0 aliphatic rings. The standard InChI is InChI=1S/C13H22N2O2/c1-10(2)15-8-7-12(14-15)9-13(16)6-5-11(3)17-4/h7-8,10-11H,5-6,9H2,1-4H3. The summed E-state index contributed by atoms with van der Waals surface area (Å²) >= 11 is 0. The fraction of sp³-hybridized carbons (Fsp3) is 0.692. The molecule has 0 aliphatic heterocycles. The summed E-state index contributed by atoms with van der Waals surface area (Å²) in [7, 11) is 1.67. The second kappa shape index (κ2) is 6.55. The molecule has 0 bridgehead atoms. The van der Waals surface area contributed by atoms with Gasteiger partial charge in [0, 0.05) is 25.8 Å². The normalized spacial score (nSPS) is 13.0. The first-order valence-corrected chi connectivity index (χ1v) is 6.11. The van der Waals surface area contributed by atoms with E-state index in [1.54, 1.807) is 7.11 Å². The molecular weight excluding hydrogens is 216 g/mol. The maximum absolute atomic E-state index is 11.7. The summed E-state index contributed by atoms with van der Waals surface area (Å²) in [6, 6.07) is 2.25. The van der Waals surface area contributed by atoms with E-state index in [0.717, 1.165) is 12.1 Å². The van der Waals surface area contributed by atoms with Gasteiger partial charge < -0.3 is 4.74 Å². The summed E-state index contributed by atoms with van der Waals surface area (Å²) in [5, 5.41) is 4.36. The Labute approximate surface area is 103 Å². The molecule has 1 aromatic heterocycles. The molecule has 1 heterocycles. The number of nitrogens with zero attached hydrogens (tertiary/aromatic N) is 2. The molecule has 17 heavy (non-hydrogen) atoms. The van der Waals surface area contributed by atoms with E-state index in [1.165, 1.54) is 0 Å². The van der Waals surface area contributed by atoms with Crippen molar-refractivity contribution in [2.45, 2.75) is 52.2 Å². The minimum atomic E-state index is 0.146. The number of hydrogen-bond donors (Lipinski definition) is 0. The van der Waals surface area contributed by atoms with E-state index in [1.807, 2.05) is 23.9 Å². The summed E-state index contributed by atoms with van der Waals surface area (Å²) in [4.78, 5) is 11.7. The van der Waals surface area contributed by atoms with Crippen molar-refractivity contribution in [1.29, 1.82) is 0 Å². The number of rotatable bonds is 7. The van der Waals surface area contributed by atoms with Crippen molar-refractivity contribution in [2.75, 3.05) is 7.11 Å². The van der Waals surface area contributed by atoms with Gasteiger partial charge in [-0.3, -0.25) is 9.48 Å². The van der Waals surface area contributed by atoms with Crippen LogP contribution < -0.4 is 0 Å². The lowest BCUT2D eigenvalue weighted by molar-refractivity contribution is -0.119. The minimum absolute atomic E-state index is 0.146. The number of ether oxygens (including phenoxy) is 1. The van der Waals surface area contributed by atoms with Crippen molar-refractivity contribution in [1.82, 2.24) is 9.78 Å². The number of hydrogen-bond acceptors (Lipinski definition) is 3. The Morgan fingerprint density at radius 2 is 2.18 bits per heavy atom. The number of carbonyl (C=O) groups is 1. The van der Waals surface area contributed by atoms with Crippen LogP contribution in [-0.2, 0) is 16.0 Å². The largest absolute Gasteiger partial charge is 0.382 e. The summed E-state index contributed by atoms with van der Waals surface area (Å²) in [5.41, 5.74) is 0.855. The quantitative estimate of drug-likeness (QED) is 0.732. The van der Waals surface area contributed by atoms with E-state index in [0.29, 0.717) is 18.9 Å². The summed E-state index contributed by atoms with van der Waals surface area (Å²) in [6.07, 6.45) is 3.83. The Morgan fingerprint density at radius 1 is 1.47 bits per heavy atom. The van der Waals surface area contributed by atoms with Crippen LogP contribution in [0.1, 0.15) is 45.3 Å². The molecule has 0 radical (unpaired) electrons. The molecule has 1 aromatic rings. The highest BCUT2D eigenvalue weighted by Crippen LogP contribution is 2.07. The average Bonchev–Trinajstić information content (AvgIpc) is 2.74. The smallest absolute Gasteiger partial charge is 0.139 e. The molecular formula is C13H22N2O2. The van der Waals surface area contributed by atoms with E-state index >= 15 is 0 Å². The van der Waals surface area contributed by atoms with Gasteiger partial charge in [-0.05, 0) is 33.3 Å². The fourth-order valence-electron chi connectivity index (χ4n) is 1.53. The lowest BCUT2D eigenvalue weighted by Crippen LogP contribution is -2.10. The Bertz CT molecular complexity index is 358. The van der Waals surface area contributed by atoms with Crippen LogP contribution in [0, 0.1) is 0 Å². The molecule has 4 heteroatoms. The first-order chi connectivity index (χ1) is 8.02. The molecule has 0 amide bonds. The topological polar surface area (TPSA) is 44.1 Å². The van der Waals surface area contributed by atoms with Gasteiger partial charge in [0.15, 0.2) is 0 Å². The van der Waals surface area contributed by atoms with Gasteiger partial charge >= 0.3 is 0 Å². The first-order valence-electron chi connectivity index (χ1n) is 6.11. The number of carbonyl (C=O) groups excluding carboxylic acids is 1. The second-order valence-corrected chi connectivity index (χ2v) is 4.68. The molecule has 0 spiro atoms. The predicted molar refractivity (Wildman–Crippen MR) is 67.0 cm³/mol. The summed E-state index contributed by atoms with van der Waals surface area (Å²) in [6.45, 7) is 6.11. The third kappa shape index (κ3) is 4.69. The highest BCUT2D eigenvalue weighted by atomic mass is 16.5. The highest BCUT2D eigenvalue weighted by Gasteiger charge is 2.09. The number of methoxy groups -OCH3 is 1. The van der Waals surface area contributed by atoms with E-state index in [2.05, 4.69) is 18.9 Å². The van der Waals surface area contributed by atoms with Crippen molar-refractivity contribution in [3.8, 4) is 0 Å². The van der Waals surface area contributed by atoms with E-state index < -0.39 is 0 Å². The van der Waals surface area contributed by atoms with Crippen molar-refractivity contribution < 1.29 is 9.53 Å². The molecule has 1 rings (SSSR count). The SMILES string of the molecule is COC(C)CCC(=O)Cc1ccn(C(C)C)n1. The van der Waals surface area contributed by atoms with Crippen molar-refractivity contribution >= 4 is 5.78 Å². The van der Waals surface area contributed by atoms with Gasteiger partial charge in [0.05, 0.1) is 18.2 Å². The Morgan fingerprint density at radius 3 is 2.71 bits per heavy atom. The highest BCUT2D eigenvalue weighted by molar-refractivity contribution is 5.80. The van der Waals surface area contributed by atoms with Gasteiger partial charge in [0.25, 0.3) is 0 Å². The molecule has 0 fully saturated rings. The number of aromatic nitrogens is 2. The third-order valence-electron chi connectivity index (χ3n) is 2.80. The van der Waals surface area contributed by atoms with Crippen LogP contribution in [0.2, 0.25) is 0 Å². The molecule has 0 aliphatic carbocycles. The molecule has 0 N–H and O–H groups in total. The van der Waals surface area contributed by atoms with Crippen LogP contribution in [0.5, 0.6) is 0 Å². The van der Waals surface area contributed by atoms with Crippen molar-refractivity contribution in [3.05, 3.63) is 18.0 Å². The van der Waals surface area contributed by atoms with Gasteiger partial charge in [-0.2, -0.15) is 5.10 Å². The van der Waals surface area contributed by atoms with Crippen molar-refractivity contribution in [2.24, 2.45) is 0 Å². The van der Waals surface area contributed by atoms with Gasteiger partial charge in [-0.15, -0.1) is 0 Å². The Hall–Kier alpha value is -1.16. The van der Waals surface area contributed by atoms with Crippen LogP contribution in [0.15, 0.2) is 12.3 Å². The average molecular weight is 238 g/mol. The summed E-state index contributed by atoms with van der Waals surface area (Å²) in [5.74, 6) is 0.225. The zero-order valence-electron chi connectivity index (χ0n) is 11.1. The van der Waals surface area contributed by atoms with Gasteiger partial charge in [-0.25, -0.2) is 0 Å². The van der Waals surface area contributed by atoms with Crippen LogP contribution in [0.25, 0.3) is 0 Å². The lowest BCUT2D eigenvalue weighted by atomic mass is 10.1. The van der Waals surface area contributed by atoms with Gasteiger partial charge in [0.2, 0.25) is 0 Å². The Balaban J connectivity index is 2.39. The van der Waals surface area contributed by atoms with Gasteiger partial charge in [0.1, 0.15) is 5.78 Å². The van der Waals surface area contributed by atoms with E-state index in [9.17, 15) is 4.79 Å². The van der Waals surface area contributed by atoms with Crippen LogP contribution in [0.3, 0.4) is 0 Å². The zero-order valence-corrected chi connectivity index (χ0v) is 11.1. The van der Waals surface area contributed by atoms with Crippen LogP contribution >= 0.6 is 0 Å². The predicted octanol–water partition coefficient (Wildman–Crippen LogP) is 2.39. The maximum atomic E-state index is 11.7. The van der Waals surface area contributed by atoms with Crippen molar-refractivity contribution in [3.63, 3.8) is 0 Å². The molecule has 0 saturated heterocycles. The molecule has 0 aromatic carbocycles. The minimum Gasteiger partial charge on any atom is -0.382 e. The lowest BCUT2D eigenvalue weighted by Gasteiger charge is -2.07. The Kier molecular flexibility index (Phi) is 5.35. The monoisotopic (exact) mass is 238 g/mol. The molecule has 96 valence electrons. The first kappa shape index (κ1) is 13.9. The number of ketones is 1. The van der Waals surface area contributed by atoms with E-state index in [-0.39, 0.29) is 11.9 Å². The fourth-order valence-corrected chi connectivity index (χ4v) is 1.53. The third-order valence-corrected chi connectivity index (χ3v) is 2.80. The summed E-state index contributed by atoms with van der Waals surface area (Å²) < 4.78 is 6.99. The molecule has 1 atom stereocenters. The molecule has 0 saturated carbocycles. The molecule has 1 unspecified atom stereocenters. The maximum Gasteiger partial charge on any atom is 0.139 e. The number of Topliss-reactive ketones (excluding diaryl/α,β-unsaturated/α-hetero) is 1. The van der Waals surface area contributed by atoms with E-state index in [4.69, 9.17) is 4.74 Å². The second-order valence-electron chi connectivity index (χ2n) is 4.68. The molecule has 4 nitrogen and oxygen atoms in total. The van der Waals surface area contributed by atoms with Crippen LogP contribution in [-0.4, -0.2) is 28.8 Å².